The van der Waals surface area contributed by atoms with Crippen molar-refractivity contribution in [1.29, 1.82) is 0 Å². The fraction of sp³-hybridized carbons (Fsp3) is 0.970. The molecule has 1 heterocycles. The first kappa shape index (κ1) is 33.5. The average Bonchev–Trinajstić information content (AvgIpc) is 3.28. The number of aliphatic hydroxyl groups is 6. The SMILES string of the molecule is CC(C)C[C@H](C[C@@H](C)[C@H]1CC[C@H]2[C@@H]3[C@H](O)C[C@@H]4C[C@H](O)CC[C@]4(C)[C@H]3C[C@H](O)[C@]12C)O[C@@H]1O[C@H](C(=O)O)[C@@H](O)[C@H](O)[C@H]1O. The zero-order valence-electron chi connectivity index (χ0n) is 26.5. The number of carbonyl (C=O) groups is 1. The summed E-state index contributed by atoms with van der Waals surface area (Å²) in [4.78, 5) is 11.6. The van der Waals surface area contributed by atoms with Gasteiger partial charge >= 0.3 is 5.97 Å². The Morgan fingerprint density at radius 2 is 1.58 bits per heavy atom. The van der Waals surface area contributed by atoms with Gasteiger partial charge in [-0.1, -0.05) is 34.6 Å². The van der Waals surface area contributed by atoms with Gasteiger partial charge in [-0.2, -0.15) is 0 Å². The van der Waals surface area contributed by atoms with Gasteiger partial charge in [0.2, 0.25) is 0 Å². The van der Waals surface area contributed by atoms with E-state index in [1.54, 1.807) is 0 Å². The van der Waals surface area contributed by atoms with Gasteiger partial charge in [-0.3, -0.25) is 0 Å². The molecule has 0 aromatic rings. The summed E-state index contributed by atoms with van der Waals surface area (Å²) in [5.74, 6) is -0.111. The van der Waals surface area contributed by atoms with Crippen LogP contribution in [0.1, 0.15) is 92.4 Å². The molecular formula is C33H56O10. The molecule has 0 radical (unpaired) electrons. The zero-order valence-corrected chi connectivity index (χ0v) is 26.5. The zero-order chi connectivity index (χ0) is 31.6. The Kier molecular flexibility index (Phi) is 9.66. The van der Waals surface area contributed by atoms with Crippen LogP contribution in [0.5, 0.6) is 0 Å². The lowest BCUT2D eigenvalue weighted by Gasteiger charge is -2.63. The fourth-order valence-electron chi connectivity index (χ4n) is 10.8. The van der Waals surface area contributed by atoms with E-state index in [0.29, 0.717) is 25.7 Å². The number of ether oxygens (including phenoxy) is 2. The number of hydrogen-bond acceptors (Lipinski definition) is 9. The number of carboxylic acid groups (broad SMARTS) is 1. The molecule has 4 saturated carbocycles. The second kappa shape index (κ2) is 12.4. The van der Waals surface area contributed by atoms with E-state index >= 15 is 0 Å². The first-order valence-electron chi connectivity index (χ1n) is 16.7. The van der Waals surface area contributed by atoms with E-state index < -0.39 is 55.0 Å². The molecule has 5 fully saturated rings. The van der Waals surface area contributed by atoms with Crippen LogP contribution in [0.25, 0.3) is 0 Å². The lowest BCUT2D eigenvalue weighted by atomic mass is 9.43. The van der Waals surface area contributed by atoms with Crippen LogP contribution < -0.4 is 0 Å². The van der Waals surface area contributed by atoms with Gasteiger partial charge in [0.05, 0.1) is 24.4 Å². The van der Waals surface area contributed by atoms with Gasteiger partial charge in [0.1, 0.15) is 18.3 Å². The minimum atomic E-state index is -1.77. The van der Waals surface area contributed by atoms with Crippen LogP contribution in [0.4, 0.5) is 0 Å². The Hall–Kier alpha value is -0.850. The van der Waals surface area contributed by atoms with Crippen LogP contribution in [-0.4, -0.2) is 96.8 Å². The number of fused-ring (bicyclic) bond motifs is 5. The largest absolute Gasteiger partial charge is 0.479 e. The van der Waals surface area contributed by atoms with Crippen molar-refractivity contribution in [1.82, 2.24) is 0 Å². The van der Waals surface area contributed by atoms with Crippen LogP contribution in [0.2, 0.25) is 0 Å². The van der Waals surface area contributed by atoms with Gasteiger partial charge in [0, 0.05) is 0 Å². The maximum absolute atomic E-state index is 11.9. The molecule has 0 aromatic carbocycles. The first-order valence-corrected chi connectivity index (χ1v) is 16.7. The van der Waals surface area contributed by atoms with E-state index in [4.69, 9.17) is 9.47 Å². The van der Waals surface area contributed by atoms with Gasteiger partial charge in [-0.25, -0.2) is 4.79 Å². The highest BCUT2D eigenvalue weighted by atomic mass is 16.7. The molecule has 7 N–H and O–H groups in total. The van der Waals surface area contributed by atoms with Crippen molar-refractivity contribution in [2.75, 3.05) is 0 Å². The van der Waals surface area contributed by atoms with Crippen molar-refractivity contribution < 1.29 is 50.0 Å². The normalized spacial score (nSPS) is 51.3. The van der Waals surface area contributed by atoms with Crippen molar-refractivity contribution >= 4 is 5.97 Å². The molecule has 5 rings (SSSR count). The van der Waals surface area contributed by atoms with Crippen LogP contribution in [0.15, 0.2) is 0 Å². The average molecular weight is 613 g/mol. The predicted molar refractivity (Wildman–Crippen MR) is 156 cm³/mol. The Balaban J connectivity index is 1.33. The third-order valence-electron chi connectivity index (χ3n) is 13.0. The molecule has 4 aliphatic carbocycles. The lowest BCUT2D eigenvalue weighted by molar-refractivity contribution is -0.306. The van der Waals surface area contributed by atoms with Gasteiger partial charge in [0.25, 0.3) is 0 Å². The van der Waals surface area contributed by atoms with Gasteiger partial charge in [-0.15, -0.1) is 0 Å². The predicted octanol–water partition coefficient (Wildman–Crippen LogP) is 2.30. The van der Waals surface area contributed by atoms with E-state index in [0.717, 1.165) is 32.1 Å². The minimum Gasteiger partial charge on any atom is -0.479 e. The van der Waals surface area contributed by atoms with Crippen molar-refractivity contribution in [2.24, 2.45) is 52.3 Å². The molecular weight excluding hydrogens is 556 g/mol. The second-order valence-electron chi connectivity index (χ2n) is 15.9. The second-order valence-corrected chi connectivity index (χ2v) is 15.9. The van der Waals surface area contributed by atoms with Gasteiger partial charge in [-0.05, 0) is 110 Å². The molecule has 43 heavy (non-hydrogen) atoms. The topological polar surface area (TPSA) is 177 Å². The van der Waals surface area contributed by atoms with E-state index in [1.165, 1.54) is 0 Å². The first-order chi connectivity index (χ1) is 20.1. The highest BCUT2D eigenvalue weighted by Crippen LogP contribution is 2.68. The molecule has 10 nitrogen and oxygen atoms in total. The third-order valence-corrected chi connectivity index (χ3v) is 13.0. The van der Waals surface area contributed by atoms with E-state index in [2.05, 4.69) is 34.6 Å². The summed E-state index contributed by atoms with van der Waals surface area (Å²) in [6, 6.07) is 0. The summed E-state index contributed by atoms with van der Waals surface area (Å²) in [6.07, 6.45) is -2.96. The van der Waals surface area contributed by atoms with Crippen molar-refractivity contribution in [3.05, 3.63) is 0 Å². The quantitative estimate of drug-likeness (QED) is 0.215. The molecule has 248 valence electrons. The highest BCUT2D eigenvalue weighted by Gasteiger charge is 2.65. The summed E-state index contributed by atoms with van der Waals surface area (Å²) < 4.78 is 11.6. The standard InChI is InChI=1S/C33H56O10/c1-15(2)10-19(42-31-28(39)26(37)27(38)29(43-31)30(40)41)11-16(3)20-6-7-21-25-22(14-24(36)33(20,21)5)32(4)9-8-18(34)12-17(32)13-23(25)35/h15-29,31,34-39H,6-14H2,1-5H3,(H,40,41)/t16-,17+,18-,19-,20-,21+,22+,23-,24+,25+,26+,27+,28-,29+,31-,32+,33-/m1/s1. The van der Waals surface area contributed by atoms with Crippen molar-refractivity contribution in [3.63, 3.8) is 0 Å². The smallest absolute Gasteiger partial charge is 0.335 e. The molecule has 17 atom stereocenters. The Morgan fingerprint density at radius 1 is 0.884 bits per heavy atom. The monoisotopic (exact) mass is 612 g/mol. The molecule has 0 spiro atoms. The number of carboxylic acids is 1. The van der Waals surface area contributed by atoms with E-state index in [-0.39, 0.29) is 58.4 Å². The molecule has 1 aliphatic heterocycles. The Labute approximate surface area is 255 Å². The number of hydrogen-bond donors (Lipinski definition) is 7. The summed E-state index contributed by atoms with van der Waals surface area (Å²) in [6.45, 7) is 10.8. The van der Waals surface area contributed by atoms with Crippen molar-refractivity contribution in [3.8, 4) is 0 Å². The maximum Gasteiger partial charge on any atom is 0.335 e. The molecule has 0 aromatic heterocycles. The Bertz CT molecular complexity index is 993. The molecule has 5 aliphatic rings. The molecule has 1 saturated heterocycles. The molecule has 0 bridgehead atoms. The fourth-order valence-corrected chi connectivity index (χ4v) is 10.8. The minimum absolute atomic E-state index is 0.0120. The summed E-state index contributed by atoms with van der Waals surface area (Å²) in [5.41, 5.74) is -0.366. The van der Waals surface area contributed by atoms with Crippen LogP contribution >= 0.6 is 0 Å². The summed E-state index contributed by atoms with van der Waals surface area (Å²) in [5, 5.41) is 74.3. The Morgan fingerprint density at radius 3 is 2.23 bits per heavy atom. The lowest BCUT2D eigenvalue weighted by Crippen LogP contribution is -2.62. The molecule has 10 heteroatoms. The number of aliphatic hydroxyl groups excluding tert-OH is 6. The summed E-state index contributed by atoms with van der Waals surface area (Å²) in [7, 11) is 0. The maximum atomic E-state index is 11.9. The van der Waals surface area contributed by atoms with Gasteiger partial charge < -0.3 is 45.2 Å². The highest BCUT2D eigenvalue weighted by molar-refractivity contribution is 5.73. The van der Waals surface area contributed by atoms with Crippen LogP contribution in [0.3, 0.4) is 0 Å². The third kappa shape index (κ3) is 5.81. The van der Waals surface area contributed by atoms with E-state index in [9.17, 15) is 40.5 Å². The van der Waals surface area contributed by atoms with Crippen LogP contribution in [-0.2, 0) is 14.3 Å². The number of aliphatic carboxylic acids is 1. The summed E-state index contributed by atoms with van der Waals surface area (Å²) >= 11 is 0. The number of rotatable bonds is 8. The van der Waals surface area contributed by atoms with E-state index in [1.807, 2.05) is 0 Å². The molecule has 0 amide bonds. The van der Waals surface area contributed by atoms with Gasteiger partial charge in [0.15, 0.2) is 12.4 Å². The molecule has 0 unspecified atom stereocenters. The van der Waals surface area contributed by atoms with Crippen molar-refractivity contribution in [2.45, 2.75) is 148 Å². The van der Waals surface area contributed by atoms with Crippen LogP contribution in [0, 0.1) is 52.3 Å².